The Bertz CT molecular complexity index is 74.5. The molecule has 1 aliphatic rings. The highest BCUT2D eigenvalue weighted by molar-refractivity contribution is 4.91. The maximum absolute atomic E-state index is 5.91. The molecule has 1 nitrogen and oxygen atoms in total. The van der Waals surface area contributed by atoms with Crippen molar-refractivity contribution in [2.75, 3.05) is 0 Å². The van der Waals surface area contributed by atoms with Crippen LogP contribution in [0.25, 0.3) is 0 Å². The van der Waals surface area contributed by atoms with Crippen molar-refractivity contribution in [3.63, 3.8) is 0 Å². The fourth-order valence-electron chi connectivity index (χ4n) is 1.38. The van der Waals surface area contributed by atoms with E-state index in [9.17, 15) is 0 Å². The maximum atomic E-state index is 5.91. The predicted octanol–water partition coefficient (Wildman–Crippen LogP) is 1.67. The average Bonchev–Trinajstić information content (AvgIpc) is 1.64. The minimum absolute atomic E-state index is 0.273. The largest absolute Gasteiger partial charge is 0.325 e. The third-order valence-corrected chi connectivity index (χ3v) is 2.10. The highest BCUT2D eigenvalue weighted by Crippen LogP contribution is 2.32. The van der Waals surface area contributed by atoms with Crippen molar-refractivity contribution >= 4 is 0 Å². The highest BCUT2D eigenvalue weighted by atomic mass is 14.8. The zero-order valence-corrected chi connectivity index (χ0v) is 5.61. The average molecular weight is 113 g/mol. The SMILES string of the molecule is CCCC1(N)CCC1. The van der Waals surface area contributed by atoms with Crippen LogP contribution in [0.15, 0.2) is 0 Å². The van der Waals surface area contributed by atoms with Crippen LogP contribution in [0.3, 0.4) is 0 Å². The van der Waals surface area contributed by atoms with Gasteiger partial charge in [-0.05, 0) is 25.7 Å². The summed E-state index contributed by atoms with van der Waals surface area (Å²) in [6.07, 6.45) is 6.36. The number of hydrogen-bond acceptors (Lipinski definition) is 1. The standard InChI is InChI=1S/C7H15N/c1-2-4-7(8)5-3-6-7/h2-6,8H2,1H3. The van der Waals surface area contributed by atoms with E-state index >= 15 is 0 Å². The van der Waals surface area contributed by atoms with Gasteiger partial charge >= 0.3 is 0 Å². The molecule has 0 spiro atoms. The molecule has 0 radical (unpaired) electrons. The van der Waals surface area contributed by atoms with Crippen molar-refractivity contribution in [3.8, 4) is 0 Å². The van der Waals surface area contributed by atoms with Crippen LogP contribution in [0.4, 0.5) is 0 Å². The summed E-state index contributed by atoms with van der Waals surface area (Å²) < 4.78 is 0. The van der Waals surface area contributed by atoms with E-state index in [1.165, 1.54) is 32.1 Å². The first-order chi connectivity index (χ1) is 3.77. The zero-order valence-electron chi connectivity index (χ0n) is 5.61. The molecule has 8 heavy (non-hydrogen) atoms. The predicted molar refractivity (Wildman–Crippen MR) is 35.7 cm³/mol. The molecule has 0 atom stereocenters. The summed E-state index contributed by atoms with van der Waals surface area (Å²) in [6, 6.07) is 0. The van der Waals surface area contributed by atoms with Crippen molar-refractivity contribution in [2.24, 2.45) is 5.73 Å². The summed E-state index contributed by atoms with van der Waals surface area (Å²) in [4.78, 5) is 0. The Balaban J connectivity index is 2.20. The summed E-state index contributed by atoms with van der Waals surface area (Å²) in [5.74, 6) is 0. The quantitative estimate of drug-likeness (QED) is 0.579. The molecule has 0 aliphatic heterocycles. The van der Waals surface area contributed by atoms with Gasteiger partial charge < -0.3 is 5.73 Å². The van der Waals surface area contributed by atoms with Crippen LogP contribution < -0.4 is 5.73 Å². The van der Waals surface area contributed by atoms with Gasteiger partial charge in [-0.25, -0.2) is 0 Å². The first kappa shape index (κ1) is 6.09. The number of hydrogen-bond donors (Lipinski definition) is 1. The van der Waals surface area contributed by atoms with Crippen LogP contribution in [0, 0.1) is 0 Å². The van der Waals surface area contributed by atoms with E-state index < -0.39 is 0 Å². The van der Waals surface area contributed by atoms with E-state index in [-0.39, 0.29) is 5.54 Å². The van der Waals surface area contributed by atoms with Crippen molar-refractivity contribution in [1.29, 1.82) is 0 Å². The Labute approximate surface area is 51.3 Å². The molecule has 0 heterocycles. The molecule has 2 N–H and O–H groups in total. The Kier molecular flexibility index (Phi) is 1.57. The van der Waals surface area contributed by atoms with Gasteiger partial charge in [-0.3, -0.25) is 0 Å². The molecule has 1 rings (SSSR count). The second-order valence-electron chi connectivity index (χ2n) is 2.97. The fourth-order valence-corrected chi connectivity index (χ4v) is 1.38. The molecule has 0 saturated heterocycles. The first-order valence-corrected chi connectivity index (χ1v) is 3.56. The molecule has 1 aliphatic carbocycles. The molecule has 0 unspecified atom stereocenters. The van der Waals surface area contributed by atoms with Crippen molar-refractivity contribution in [3.05, 3.63) is 0 Å². The summed E-state index contributed by atoms with van der Waals surface area (Å²) in [6.45, 7) is 2.20. The second-order valence-corrected chi connectivity index (χ2v) is 2.97. The fraction of sp³-hybridized carbons (Fsp3) is 1.00. The van der Waals surface area contributed by atoms with E-state index in [0.717, 1.165) is 0 Å². The van der Waals surface area contributed by atoms with Gasteiger partial charge in [0.1, 0.15) is 0 Å². The maximum Gasteiger partial charge on any atom is 0.0154 e. The monoisotopic (exact) mass is 113 g/mol. The van der Waals surface area contributed by atoms with Gasteiger partial charge in [0.05, 0.1) is 0 Å². The van der Waals surface area contributed by atoms with Gasteiger partial charge in [0.15, 0.2) is 0 Å². The van der Waals surface area contributed by atoms with Crippen LogP contribution in [-0.4, -0.2) is 5.54 Å². The van der Waals surface area contributed by atoms with Crippen LogP contribution in [0.1, 0.15) is 39.0 Å². The molecule has 0 aromatic rings. The molecule has 0 bridgehead atoms. The minimum atomic E-state index is 0.273. The lowest BCUT2D eigenvalue weighted by Gasteiger charge is -2.37. The van der Waals surface area contributed by atoms with E-state index in [2.05, 4.69) is 6.92 Å². The molecule has 0 amide bonds. The number of nitrogens with two attached hydrogens (primary N) is 1. The molecule has 48 valence electrons. The van der Waals surface area contributed by atoms with E-state index in [4.69, 9.17) is 5.73 Å². The lowest BCUT2D eigenvalue weighted by molar-refractivity contribution is 0.230. The molecular formula is C7H15N. The molecule has 1 saturated carbocycles. The van der Waals surface area contributed by atoms with E-state index in [0.29, 0.717) is 0 Å². The lowest BCUT2D eigenvalue weighted by atomic mass is 9.75. The molecular weight excluding hydrogens is 98.1 g/mol. The topological polar surface area (TPSA) is 26.0 Å². The van der Waals surface area contributed by atoms with Crippen LogP contribution >= 0.6 is 0 Å². The lowest BCUT2D eigenvalue weighted by Crippen LogP contribution is -2.46. The van der Waals surface area contributed by atoms with Crippen molar-refractivity contribution in [1.82, 2.24) is 0 Å². The molecule has 0 aromatic heterocycles. The second kappa shape index (κ2) is 2.06. The van der Waals surface area contributed by atoms with Gasteiger partial charge in [-0.2, -0.15) is 0 Å². The zero-order chi connectivity index (χ0) is 6.04. The Morgan fingerprint density at radius 3 is 2.25 bits per heavy atom. The van der Waals surface area contributed by atoms with Gasteiger partial charge in [-0.1, -0.05) is 13.3 Å². The van der Waals surface area contributed by atoms with Gasteiger partial charge in [0.2, 0.25) is 0 Å². The summed E-state index contributed by atoms with van der Waals surface area (Å²) in [5.41, 5.74) is 6.19. The minimum Gasteiger partial charge on any atom is -0.325 e. The van der Waals surface area contributed by atoms with Gasteiger partial charge in [0.25, 0.3) is 0 Å². The van der Waals surface area contributed by atoms with Gasteiger partial charge in [0, 0.05) is 5.54 Å². The van der Waals surface area contributed by atoms with Crippen LogP contribution in [0.2, 0.25) is 0 Å². The summed E-state index contributed by atoms with van der Waals surface area (Å²) in [5, 5.41) is 0. The Hall–Kier alpha value is -0.0400. The molecule has 1 heteroatoms. The van der Waals surface area contributed by atoms with Crippen molar-refractivity contribution in [2.45, 2.75) is 44.6 Å². The van der Waals surface area contributed by atoms with Crippen LogP contribution in [0.5, 0.6) is 0 Å². The first-order valence-electron chi connectivity index (χ1n) is 3.56. The van der Waals surface area contributed by atoms with E-state index in [1.54, 1.807) is 0 Å². The van der Waals surface area contributed by atoms with Crippen molar-refractivity contribution < 1.29 is 0 Å². The smallest absolute Gasteiger partial charge is 0.0154 e. The summed E-state index contributed by atoms with van der Waals surface area (Å²) >= 11 is 0. The van der Waals surface area contributed by atoms with Crippen LogP contribution in [-0.2, 0) is 0 Å². The third kappa shape index (κ3) is 1.03. The Morgan fingerprint density at radius 2 is 2.12 bits per heavy atom. The number of rotatable bonds is 2. The van der Waals surface area contributed by atoms with Gasteiger partial charge in [-0.15, -0.1) is 0 Å². The molecule has 1 fully saturated rings. The third-order valence-electron chi connectivity index (χ3n) is 2.10. The molecule has 0 aromatic carbocycles. The normalized spacial score (nSPS) is 24.8. The highest BCUT2D eigenvalue weighted by Gasteiger charge is 2.30. The van der Waals surface area contributed by atoms with E-state index in [1.807, 2.05) is 0 Å². The Morgan fingerprint density at radius 1 is 1.50 bits per heavy atom. The summed E-state index contributed by atoms with van der Waals surface area (Å²) in [7, 11) is 0.